The number of thiazole rings is 1. The highest BCUT2D eigenvalue weighted by Crippen LogP contribution is 2.33. The van der Waals surface area contributed by atoms with Gasteiger partial charge in [-0.3, -0.25) is 9.59 Å². The van der Waals surface area contributed by atoms with Gasteiger partial charge in [-0.1, -0.05) is 23.7 Å². The van der Waals surface area contributed by atoms with Gasteiger partial charge in [0.15, 0.2) is 5.60 Å². The number of rotatable bonds is 7. The Morgan fingerprint density at radius 1 is 1.17 bits per heavy atom. The van der Waals surface area contributed by atoms with Crippen LogP contribution in [0.4, 0.5) is 5.69 Å². The first-order valence-corrected chi connectivity index (χ1v) is 12.5. The molecule has 10 heteroatoms. The highest BCUT2D eigenvalue weighted by molar-refractivity contribution is 7.10. The summed E-state index contributed by atoms with van der Waals surface area (Å²) in [6.45, 7) is 4.70. The zero-order valence-electron chi connectivity index (χ0n) is 19.8. The third-order valence-electron chi connectivity index (χ3n) is 5.82. The summed E-state index contributed by atoms with van der Waals surface area (Å²) >= 11 is 7.66. The Morgan fingerprint density at radius 3 is 2.63 bits per heavy atom. The van der Waals surface area contributed by atoms with Gasteiger partial charge < -0.3 is 19.7 Å². The van der Waals surface area contributed by atoms with Crippen molar-refractivity contribution in [2.45, 2.75) is 38.2 Å². The first kappa shape index (κ1) is 24.9. The van der Waals surface area contributed by atoms with E-state index in [1.54, 1.807) is 49.7 Å². The van der Waals surface area contributed by atoms with Crippen LogP contribution in [-0.2, 0) is 4.79 Å². The first-order chi connectivity index (χ1) is 16.8. The molecule has 184 valence electrons. The second-order valence-corrected chi connectivity index (χ2v) is 9.99. The summed E-state index contributed by atoms with van der Waals surface area (Å²) in [5, 5.41) is 5.92. The normalized spacial score (nSPS) is 14.5. The number of carbonyl (C=O) groups is 2. The van der Waals surface area contributed by atoms with Gasteiger partial charge in [-0.05, 0) is 51.0 Å². The van der Waals surface area contributed by atoms with Gasteiger partial charge in [0.2, 0.25) is 5.88 Å². The van der Waals surface area contributed by atoms with Crippen LogP contribution in [0.2, 0.25) is 5.02 Å². The molecule has 1 N–H and O–H groups in total. The Hall–Kier alpha value is -3.17. The van der Waals surface area contributed by atoms with E-state index in [4.69, 9.17) is 21.1 Å². The molecular weight excluding hydrogens is 488 g/mol. The molecule has 8 nitrogen and oxygen atoms in total. The van der Waals surface area contributed by atoms with Crippen molar-refractivity contribution in [3.8, 4) is 11.6 Å². The summed E-state index contributed by atoms with van der Waals surface area (Å²) in [5.41, 5.74) is -0.205. The predicted octanol–water partition coefficient (Wildman–Crippen LogP) is 5.02. The number of piperidine rings is 1. The number of para-hydroxylation sites is 1. The maximum Gasteiger partial charge on any atom is 0.275 e. The molecule has 0 bridgehead atoms. The molecule has 3 aromatic rings. The van der Waals surface area contributed by atoms with Crippen molar-refractivity contribution in [2.75, 3.05) is 25.5 Å². The monoisotopic (exact) mass is 514 g/mol. The Kier molecular flexibility index (Phi) is 7.57. The summed E-state index contributed by atoms with van der Waals surface area (Å²) < 4.78 is 11.1. The fourth-order valence-corrected chi connectivity index (χ4v) is 5.12. The molecule has 0 saturated carbocycles. The number of amides is 2. The summed E-state index contributed by atoms with van der Waals surface area (Å²) in [4.78, 5) is 36.3. The number of nitrogens with zero attached hydrogens (tertiary/aromatic N) is 3. The van der Waals surface area contributed by atoms with Crippen LogP contribution in [0.1, 0.15) is 48.1 Å². The van der Waals surface area contributed by atoms with E-state index >= 15 is 0 Å². The molecule has 2 amide bonds. The number of aromatic nitrogens is 2. The zero-order valence-corrected chi connectivity index (χ0v) is 21.4. The van der Waals surface area contributed by atoms with Crippen LogP contribution in [0.15, 0.2) is 48.0 Å². The highest BCUT2D eigenvalue weighted by Gasteiger charge is 2.37. The van der Waals surface area contributed by atoms with E-state index in [1.807, 2.05) is 17.0 Å². The van der Waals surface area contributed by atoms with Gasteiger partial charge in [0.25, 0.3) is 11.8 Å². The van der Waals surface area contributed by atoms with E-state index in [9.17, 15) is 9.59 Å². The van der Waals surface area contributed by atoms with Crippen molar-refractivity contribution in [1.82, 2.24) is 14.9 Å². The maximum absolute atomic E-state index is 13.2. The SMILES string of the molecule is COc1ncccc1NC(=O)c1csc(C2CCN(C(=O)C(C)(C)Oc3ccccc3Cl)CC2)n1. The van der Waals surface area contributed by atoms with Crippen molar-refractivity contribution in [3.05, 3.63) is 63.7 Å². The van der Waals surface area contributed by atoms with Crippen LogP contribution >= 0.6 is 22.9 Å². The number of halogens is 1. The molecule has 1 saturated heterocycles. The molecule has 0 aliphatic carbocycles. The topological polar surface area (TPSA) is 93.7 Å². The molecule has 35 heavy (non-hydrogen) atoms. The number of carbonyl (C=O) groups excluding carboxylic acids is 2. The molecule has 4 rings (SSSR count). The lowest BCUT2D eigenvalue weighted by molar-refractivity contribution is -0.146. The van der Waals surface area contributed by atoms with E-state index < -0.39 is 5.60 Å². The van der Waals surface area contributed by atoms with Crippen LogP contribution in [0.5, 0.6) is 11.6 Å². The second kappa shape index (κ2) is 10.6. The predicted molar refractivity (Wildman–Crippen MR) is 136 cm³/mol. The maximum atomic E-state index is 13.2. The van der Waals surface area contributed by atoms with Crippen molar-refractivity contribution in [2.24, 2.45) is 0 Å². The Balaban J connectivity index is 1.34. The smallest absolute Gasteiger partial charge is 0.275 e. The number of pyridine rings is 1. The molecule has 0 spiro atoms. The van der Waals surface area contributed by atoms with Crippen molar-refractivity contribution < 1.29 is 19.1 Å². The number of methoxy groups -OCH3 is 1. The van der Waals surface area contributed by atoms with E-state index in [0.29, 0.717) is 41.1 Å². The molecule has 0 radical (unpaired) electrons. The van der Waals surface area contributed by atoms with Crippen molar-refractivity contribution in [1.29, 1.82) is 0 Å². The van der Waals surface area contributed by atoms with Crippen LogP contribution in [0.25, 0.3) is 0 Å². The largest absolute Gasteiger partial charge is 0.480 e. The molecule has 1 aromatic carbocycles. The van der Waals surface area contributed by atoms with Crippen LogP contribution < -0.4 is 14.8 Å². The standard InChI is InChI=1S/C25H27ClN4O4S/c1-25(2,34-20-9-5-4-7-17(20)26)24(32)30-13-10-16(11-14-30)23-29-19(15-35-23)21(31)28-18-8-6-12-27-22(18)33-3/h4-9,12,15-16H,10-11,13-14H2,1-3H3,(H,28,31). The molecule has 1 aliphatic heterocycles. The quantitative estimate of drug-likeness (QED) is 0.476. The number of likely N-dealkylation sites (tertiary alicyclic amines) is 1. The number of ether oxygens (including phenoxy) is 2. The van der Waals surface area contributed by atoms with Crippen molar-refractivity contribution >= 4 is 40.4 Å². The van der Waals surface area contributed by atoms with E-state index in [2.05, 4.69) is 15.3 Å². The fourth-order valence-electron chi connectivity index (χ4n) is 3.97. The first-order valence-electron chi connectivity index (χ1n) is 11.3. The number of hydrogen-bond acceptors (Lipinski definition) is 7. The van der Waals surface area contributed by atoms with Crippen LogP contribution in [-0.4, -0.2) is 52.5 Å². The van der Waals surface area contributed by atoms with Crippen molar-refractivity contribution in [3.63, 3.8) is 0 Å². The lowest BCUT2D eigenvalue weighted by atomic mass is 9.96. The third-order valence-corrected chi connectivity index (χ3v) is 7.13. The lowest BCUT2D eigenvalue weighted by Crippen LogP contribution is -2.51. The summed E-state index contributed by atoms with van der Waals surface area (Å²) in [6, 6.07) is 10.6. The van der Waals surface area contributed by atoms with Gasteiger partial charge in [0.1, 0.15) is 17.1 Å². The summed E-state index contributed by atoms with van der Waals surface area (Å²) in [6.07, 6.45) is 3.12. The highest BCUT2D eigenvalue weighted by atomic mass is 35.5. The van der Waals surface area contributed by atoms with Crippen LogP contribution in [0, 0.1) is 0 Å². The molecule has 1 aliphatic rings. The molecule has 0 atom stereocenters. The molecular formula is C25H27ClN4O4S. The van der Waals surface area contributed by atoms with Crippen LogP contribution in [0.3, 0.4) is 0 Å². The number of nitrogens with one attached hydrogen (secondary N) is 1. The molecule has 1 fully saturated rings. The minimum atomic E-state index is -1.04. The zero-order chi connectivity index (χ0) is 25.0. The fraction of sp³-hybridized carbons (Fsp3) is 0.360. The van der Waals surface area contributed by atoms with Gasteiger partial charge in [-0.2, -0.15) is 0 Å². The van der Waals surface area contributed by atoms with Gasteiger partial charge in [0.05, 0.1) is 17.1 Å². The molecule has 0 unspecified atom stereocenters. The summed E-state index contributed by atoms with van der Waals surface area (Å²) in [5.74, 6) is 0.617. The number of anilines is 1. The molecule has 2 aromatic heterocycles. The Bertz CT molecular complexity index is 1210. The minimum Gasteiger partial charge on any atom is -0.480 e. The van der Waals surface area contributed by atoms with E-state index in [0.717, 1.165) is 17.8 Å². The Morgan fingerprint density at radius 2 is 1.91 bits per heavy atom. The average molecular weight is 515 g/mol. The van der Waals surface area contributed by atoms with Gasteiger partial charge in [-0.15, -0.1) is 11.3 Å². The number of benzene rings is 1. The van der Waals surface area contributed by atoms with Gasteiger partial charge in [0, 0.05) is 30.6 Å². The lowest BCUT2D eigenvalue weighted by Gasteiger charge is -2.36. The molecule has 3 heterocycles. The minimum absolute atomic E-state index is 0.0829. The average Bonchev–Trinajstić information content (AvgIpc) is 3.36. The second-order valence-electron chi connectivity index (χ2n) is 8.69. The third kappa shape index (κ3) is 5.74. The number of hydrogen-bond donors (Lipinski definition) is 1. The Labute approximate surface area is 213 Å². The van der Waals surface area contributed by atoms with E-state index in [1.165, 1.54) is 18.4 Å². The van der Waals surface area contributed by atoms with Gasteiger partial charge in [-0.25, -0.2) is 9.97 Å². The van der Waals surface area contributed by atoms with Gasteiger partial charge >= 0.3 is 0 Å². The summed E-state index contributed by atoms with van der Waals surface area (Å²) in [7, 11) is 1.50. The van der Waals surface area contributed by atoms with E-state index in [-0.39, 0.29) is 17.7 Å².